The Morgan fingerprint density at radius 3 is 3.00 bits per heavy atom. The van der Waals surface area contributed by atoms with Crippen LogP contribution in [0.15, 0.2) is 5.16 Å². The molecule has 1 atom stereocenters. The van der Waals surface area contributed by atoms with Gasteiger partial charge in [-0.3, -0.25) is 4.90 Å². The quantitative estimate of drug-likeness (QED) is 0.255. The molecule has 3 N–H and O–H groups in total. The van der Waals surface area contributed by atoms with Gasteiger partial charge in [0.1, 0.15) is 6.17 Å². The molecule has 0 aliphatic carbocycles. The van der Waals surface area contributed by atoms with E-state index in [1.807, 2.05) is 4.90 Å². The highest BCUT2D eigenvalue weighted by Crippen LogP contribution is 2.10. The van der Waals surface area contributed by atoms with Crippen molar-refractivity contribution in [2.75, 3.05) is 19.6 Å². The zero-order valence-corrected chi connectivity index (χ0v) is 6.20. The van der Waals surface area contributed by atoms with Crippen molar-refractivity contribution in [3.05, 3.63) is 0 Å². The standard InChI is InChI=1S/C6H12FN3O/c7-5-1-2-10(3-5)4-6(8)9-11/h5,11H,1-4H2,(H2,8,9). The van der Waals surface area contributed by atoms with Crippen molar-refractivity contribution in [2.24, 2.45) is 10.9 Å². The summed E-state index contributed by atoms with van der Waals surface area (Å²) in [6, 6.07) is 0. The molecule has 5 heteroatoms. The average Bonchev–Trinajstić information content (AvgIpc) is 2.35. The average molecular weight is 161 g/mol. The lowest BCUT2D eigenvalue weighted by Gasteiger charge is -2.11. The van der Waals surface area contributed by atoms with Gasteiger partial charge < -0.3 is 10.9 Å². The lowest BCUT2D eigenvalue weighted by atomic mass is 10.3. The Morgan fingerprint density at radius 2 is 2.55 bits per heavy atom. The Bertz CT molecular complexity index is 162. The zero-order chi connectivity index (χ0) is 8.27. The van der Waals surface area contributed by atoms with Gasteiger partial charge in [0.2, 0.25) is 0 Å². The lowest BCUT2D eigenvalue weighted by molar-refractivity contribution is 0.296. The van der Waals surface area contributed by atoms with Gasteiger partial charge in [-0.25, -0.2) is 4.39 Å². The van der Waals surface area contributed by atoms with Crippen LogP contribution in [0.25, 0.3) is 0 Å². The highest BCUT2D eigenvalue weighted by molar-refractivity contribution is 5.81. The third-order valence-corrected chi connectivity index (χ3v) is 1.73. The van der Waals surface area contributed by atoms with E-state index in [9.17, 15) is 4.39 Å². The molecule has 0 radical (unpaired) electrons. The summed E-state index contributed by atoms with van der Waals surface area (Å²) >= 11 is 0. The number of rotatable bonds is 2. The van der Waals surface area contributed by atoms with E-state index in [0.717, 1.165) is 0 Å². The SMILES string of the molecule is N/C(CN1CCC(F)C1)=N\O. The molecule has 1 aliphatic heterocycles. The first-order valence-electron chi connectivity index (χ1n) is 3.55. The van der Waals surface area contributed by atoms with Crippen LogP contribution in [-0.2, 0) is 0 Å². The Labute approximate surface area is 64.5 Å². The van der Waals surface area contributed by atoms with Crippen LogP contribution in [0.4, 0.5) is 4.39 Å². The summed E-state index contributed by atoms with van der Waals surface area (Å²) in [6.45, 7) is 1.45. The van der Waals surface area contributed by atoms with E-state index < -0.39 is 6.17 Å². The summed E-state index contributed by atoms with van der Waals surface area (Å²) in [7, 11) is 0. The van der Waals surface area contributed by atoms with E-state index >= 15 is 0 Å². The van der Waals surface area contributed by atoms with Gasteiger partial charge in [0, 0.05) is 13.1 Å². The molecule has 1 heterocycles. The maximum atomic E-state index is 12.5. The molecular formula is C6H12FN3O. The van der Waals surface area contributed by atoms with Gasteiger partial charge in [0.15, 0.2) is 5.84 Å². The molecule has 0 aromatic carbocycles. The molecule has 64 valence electrons. The van der Waals surface area contributed by atoms with E-state index in [-0.39, 0.29) is 5.84 Å². The number of hydrogen-bond acceptors (Lipinski definition) is 3. The molecule has 1 rings (SSSR count). The van der Waals surface area contributed by atoms with Crippen molar-refractivity contribution < 1.29 is 9.60 Å². The third kappa shape index (κ3) is 2.34. The number of alkyl halides is 1. The lowest BCUT2D eigenvalue weighted by Crippen LogP contribution is -2.32. The molecule has 0 aromatic heterocycles. The van der Waals surface area contributed by atoms with E-state index in [1.165, 1.54) is 0 Å². The van der Waals surface area contributed by atoms with Gasteiger partial charge in [-0.05, 0) is 6.42 Å². The highest BCUT2D eigenvalue weighted by atomic mass is 19.1. The second-order valence-electron chi connectivity index (χ2n) is 2.71. The predicted octanol–water partition coefficient (Wildman–Crippen LogP) is -0.223. The molecule has 1 aliphatic rings. The zero-order valence-electron chi connectivity index (χ0n) is 6.20. The first kappa shape index (κ1) is 8.26. The molecule has 0 bridgehead atoms. The Balaban J connectivity index is 2.28. The fourth-order valence-corrected chi connectivity index (χ4v) is 1.19. The van der Waals surface area contributed by atoms with Crippen LogP contribution in [0.2, 0.25) is 0 Å². The molecule has 0 aromatic rings. The van der Waals surface area contributed by atoms with Crippen molar-refractivity contribution in [2.45, 2.75) is 12.6 Å². The molecule has 1 unspecified atom stereocenters. The molecular weight excluding hydrogens is 149 g/mol. The van der Waals surface area contributed by atoms with Crippen LogP contribution in [0.5, 0.6) is 0 Å². The largest absolute Gasteiger partial charge is 0.409 e. The normalized spacial score (nSPS) is 27.7. The Kier molecular flexibility index (Phi) is 2.64. The van der Waals surface area contributed by atoms with E-state index in [4.69, 9.17) is 10.9 Å². The first-order valence-corrected chi connectivity index (χ1v) is 3.55. The fraction of sp³-hybridized carbons (Fsp3) is 0.833. The van der Waals surface area contributed by atoms with Gasteiger partial charge in [-0.2, -0.15) is 0 Å². The molecule has 0 saturated carbocycles. The minimum atomic E-state index is -0.749. The number of hydrogen-bond donors (Lipinski definition) is 2. The van der Waals surface area contributed by atoms with Crippen molar-refractivity contribution >= 4 is 5.84 Å². The summed E-state index contributed by atoms with van der Waals surface area (Å²) in [5, 5.41) is 11.0. The van der Waals surface area contributed by atoms with Crippen LogP contribution in [0.1, 0.15) is 6.42 Å². The molecule has 0 amide bonds. The van der Waals surface area contributed by atoms with Gasteiger partial charge in [0.25, 0.3) is 0 Å². The maximum Gasteiger partial charge on any atom is 0.153 e. The minimum absolute atomic E-state index is 0.138. The number of likely N-dealkylation sites (tertiary alicyclic amines) is 1. The summed E-state index contributed by atoms with van der Waals surface area (Å²) in [5.41, 5.74) is 5.23. The van der Waals surface area contributed by atoms with Crippen molar-refractivity contribution in [1.29, 1.82) is 0 Å². The summed E-state index contributed by atoms with van der Waals surface area (Å²) in [6.07, 6.45) is -0.194. The smallest absolute Gasteiger partial charge is 0.153 e. The maximum absolute atomic E-state index is 12.5. The van der Waals surface area contributed by atoms with Gasteiger partial charge >= 0.3 is 0 Å². The fourth-order valence-electron chi connectivity index (χ4n) is 1.19. The summed E-state index contributed by atoms with van der Waals surface area (Å²) < 4.78 is 12.5. The van der Waals surface area contributed by atoms with Gasteiger partial charge in [-0.15, -0.1) is 0 Å². The van der Waals surface area contributed by atoms with Gasteiger partial charge in [0.05, 0.1) is 6.54 Å². The van der Waals surface area contributed by atoms with Crippen LogP contribution in [0, 0.1) is 0 Å². The topological polar surface area (TPSA) is 61.8 Å². The predicted molar refractivity (Wildman–Crippen MR) is 39.4 cm³/mol. The second kappa shape index (κ2) is 3.52. The van der Waals surface area contributed by atoms with E-state index in [0.29, 0.717) is 26.1 Å². The number of halogens is 1. The number of amidine groups is 1. The van der Waals surface area contributed by atoms with Crippen LogP contribution >= 0.6 is 0 Å². The highest BCUT2D eigenvalue weighted by Gasteiger charge is 2.21. The third-order valence-electron chi connectivity index (χ3n) is 1.73. The Hall–Kier alpha value is -0.840. The van der Waals surface area contributed by atoms with Gasteiger partial charge in [-0.1, -0.05) is 5.16 Å². The minimum Gasteiger partial charge on any atom is -0.409 e. The molecule has 4 nitrogen and oxygen atoms in total. The van der Waals surface area contributed by atoms with E-state index in [1.54, 1.807) is 0 Å². The summed E-state index contributed by atoms with van der Waals surface area (Å²) in [4.78, 5) is 1.82. The number of nitrogens with two attached hydrogens (primary N) is 1. The van der Waals surface area contributed by atoms with Crippen molar-refractivity contribution in [3.8, 4) is 0 Å². The summed E-state index contributed by atoms with van der Waals surface area (Å²) in [5.74, 6) is 0.138. The molecule has 1 fully saturated rings. The van der Waals surface area contributed by atoms with Crippen molar-refractivity contribution in [3.63, 3.8) is 0 Å². The van der Waals surface area contributed by atoms with Crippen LogP contribution < -0.4 is 5.73 Å². The number of oxime groups is 1. The molecule has 0 spiro atoms. The number of nitrogens with zero attached hydrogens (tertiary/aromatic N) is 2. The van der Waals surface area contributed by atoms with Crippen molar-refractivity contribution in [1.82, 2.24) is 4.90 Å². The molecule has 1 saturated heterocycles. The second-order valence-corrected chi connectivity index (χ2v) is 2.71. The molecule has 11 heavy (non-hydrogen) atoms. The van der Waals surface area contributed by atoms with E-state index in [2.05, 4.69) is 5.16 Å². The van der Waals surface area contributed by atoms with Crippen LogP contribution in [-0.4, -0.2) is 41.7 Å². The van der Waals surface area contributed by atoms with Crippen LogP contribution in [0.3, 0.4) is 0 Å². The first-order chi connectivity index (χ1) is 5.22. The Morgan fingerprint density at radius 1 is 1.82 bits per heavy atom. The monoisotopic (exact) mass is 161 g/mol.